The van der Waals surface area contributed by atoms with Crippen molar-refractivity contribution in [3.05, 3.63) is 30.1 Å². The van der Waals surface area contributed by atoms with Crippen molar-refractivity contribution in [2.75, 3.05) is 13.7 Å². The van der Waals surface area contributed by atoms with Crippen LogP contribution in [0.5, 0.6) is 5.75 Å². The Morgan fingerprint density at radius 3 is 2.72 bits per heavy atom. The summed E-state index contributed by atoms with van der Waals surface area (Å²) in [4.78, 5) is 11.7. The van der Waals surface area contributed by atoms with Crippen LogP contribution < -0.4 is 4.74 Å². The van der Waals surface area contributed by atoms with Crippen molar-refractivity contribution in [2.45, 2.75) is 19.3 Å². The zero-order valence-corrected chi connectivity index (χ0v) is 10.4. The first kappa shape index (κ1) is 12.9. The molecular weight excluding hydrogens is 235 g/mol. The quantitative estimate of drug-likeness (QED) is 0.756. The highest BCUT2D eigenvalue weighted by Crippen LogP contribution is 2.34. The minimum Gasteiger partial charge on any atom is -0.490 e. The number of rotatable bonds is 5. The van der Waals surface area contributed by atoms with E-state index in [1.807, 2.05) is 0 Å². The van der Waals surface area contributed by atoms with Crippen molar-refractivity contribution in [3.8, 4) is 5.75 Å². The second-order valence-electron chi connectivity index (χ2n) is 4.56. The smallest absolute Gasteiger partial charge is 0.312 e. The van der Waals surface area contributed by atoms with E-state index in [1.54, 1.807) is 18.2 Å². The average Bonchev–Trinajstić information content (AvgIpc) is 2.32. The zero-order chi connectivity index (χ0) is 13.0. The second-order valence-corrected chi connectivity index (χ2v) is 4.56. The van der Waals surface area contributed by atoms with Gasteiger partial charge in [0.1, 0.15) is 6.61 Å². The van der Waals surface area contributed by atoms with Gasteiger partial charge in [0.05, 0.1) is 13.0 Å². The molecule has 0 bridgehead atoms. The van der Waals surface area contributed by atoms with Crippen molar-refractivity contribution in [1.82, 2.24) is 0 Å². The first-order chi connectivity index (χ1) is 8.72. The molecule has 3 nitrogen and oxygen atoms in total. The Hall–Kier alpha value is -1.58. The summed E-state index contributed by atoms with van der Waals surface area (Å²) in [5, 5.41) is 0. The third kappa shape index (κ3) is 2.81. The van der Waals surface area contributed by atoms with Crippen LogP contribution in [0, 0.1) is 17.7 Å². The van der Waals surface area contributed by atoms with Gasteiger partial charge in [-0.2, -0.15) is 0 Å². The fourth-order valence-corrected chi connectivity index (χ4v) is 2.13. The van der Waals surface area contributed by atoms with Crippen LogP contribution in [0.4, 0.5) is 4.39 Å². The molecule has 98 valence electrons. The lowest BCUT2D eigenvalue weighted by molar-refractivity contribution is -0.150. The molecule has 18 heavy (non-hydrogen) atoms. The summed E-state index contributed by atoms with van der Waals surface area (Å²) in [6, 6.07) is 6.21. The van der Waals surface area contributed by atoms with Crippen LogP contribution in [0.15, 0.2) is 24.3 Å². The predicted molar refractivity (Wildman–Crippen MR) is 64.7 cm³/mol. The zero-order valence-electron chi connectivity index (χ0n) is 10.4. The lowest BCUT2D eigenvalue weighted by Gasteiger charge is -2.31. The highest BCUT2D eigenvalue weighted by atomic mass is 19.1. The Morgan fingerprint density at radius 1 is 1.44 bits per heavy atom. The number of methoxy groups -OCH3 is 1. The number of carbonyl (C=O) groups is 1. The van der Waals surface area contributed by atoms with Gasteiger partial charge >= 0.3 is 5.97 Å². The standard InChI is InChI=1S/C14H17FO3/c1-17-14(16)11(10-5-4-6-10)9-18-13-8-3-2-7-12(13)15/h2-3,7-8,10-11H,4-6,9H2,1H3. The van der Waals surface area contributed by atoms with E-state index < -0.39 is 5.82 Å². The first-order valence-corrected chi connectivity index (χ1v) is 6.17. The van der Waals surface area contributed by atoms with E-state index in [-0.39, 0.29) is 24.2 Å². The molecule has 1 atom stereocenters. The van der Waals surface area contributed by atoms with Gasteiger partial charge in [0.2, 0.25) is 0 Å². The SMILES string of the molecule is COC(=O)C(COc1ccccc1F)C1CCC1. The van der Waals surface area contributed by atoms with Gasteiger partial charge in [-0.1, -0.05) is 18.6 Å². The molecule has 1 aromatic rings. The Kier molecular flexibility index (Phi) is 4.18. The highest BCUT2D eigenvalue weighted by Gasteiger charge is 2.34. The molecule has 1 aromatic carbocycles. The van der Waals surface area contributed by atoms with Gasteiger partial charge in [-0.3, -0.25) is 4.79 Å². The molecule has 0 amide bonds. The summed E-state index contributed by atoms with van der Waals surface area (Å²) >= 11 is 0. The molecule has 0 spiro atoms. The summed E-state index contributed by atoms with van der Waals surface area (Å²) < 4.78 is 23.6. The number of halogens is 1. The molecule has 0 heterocycles. The number of hydrogen-bond donors (Lipinski definition) is 0. The summed E-state index contributed by atoms with van der Waals surface area (Å²) in [7, 11) is 1.37. The summed E-state index contributed by atoms with van der Waals surface area (Å²) in [5.41, 5.74) is 0. The molecule has 1 unspecified atom stereocenters. The van der Waals surface area contributed by atoms with Crippen molar-refractivity contribution < 1.29 is 18.7 Å². The lowest BCUT2D eigenvalue weighted by atomic mass is 9.76. The van der Waals surface area contributed by atoms with Crippen LogP contribution in [-0.4, -0.2) is 19.7 Å². The van der Waals surface area contributed by atoms with Crippen LogP contribution in [0.1, 0.15) is 19.3 Å². The monoisotopic (exact) mass is 252 g/mol. The largest absolute Gasteiger partial charge is 0.490 e. The Labute approximate surface area is 106 Å². The minimum atomic E-state index is -0.408. The maximum atomic E-state index is 13.4. The van der Waals surface area contributed by atoms with Crippen molar-refractivity contribution >= 4 is 5.97 Å². The van der Waals surface area contributed by atoms with Gasteiger partial charge in [0, 0.05) is 0 Å². The van der Waals surface area contributed by atoms with Crippen LogP contribution in [0.3, 0.4) is 0 Å². The van der Waals surface area contributed by atoms with E-state index in [9.17, 15) is 9.18 Å². The normalized spacial score (nSPS) is 16.8. The summed E-state index contributed by atoms with van der Waals surface area (Å²) in [6.45, 7) is 0.179. The van der Waals surface area contributed by atoms with Crippen molar-refractivity contribution in [2.24, 2.45) is 11.8 Å². The molecule has 0 aliphatic heterocycles. The summed E-state index contributed by atoms with van der Waals surface area (Å²) in [5.74, 6) is -0.468. The van der Waals surface area contributed by atoms with E-state index in [4.69, 9.17) is 9.47 Å². The van der Waals surface area contributed by atoms with E-state index in [1.165, 1.54) is 13.2 Å². The maximum Gasteiger partial charge on any atom is 0.312 e. The molecule has 0 radical (unpaired) electrons. The third-order valence-electron chi connectivity index (χ3n) is 3.48. The topological polar surface area (TPSA) is 35.5 Å². The minimum absolute atomic E-state index is 0.179. The number of para-hydroxylation sites is 1. The van der Waals surface area contributed by atoms with Gasteiger partial charge in [-0.05, 0) is 30.9 Å². The molecule has 1 aliphatic rings. The number of hydrogen-bond acceptors (Lipinski definition) is 3. The molecule has 0 saturated heterocycles. The molecule has 0 N–H and O–H groups in total. The molecular formula is C14H17FO3. The van der Waals surface area contributed by atoms with E-state index in [0.717, 1.165) is 19.3 Å². The summed E-state index contributed by atoms with van der Waals surface area (Å²) in [6.07, 6.45) is 3.17. The number of ether oxygens (including phenoxy) is 2. The lowest BCUT2D eigenvalue weighted by Crippen LogP contribution is -2.34. The van der Waals surface area contributed by atoms with Gasteiger partial charge in [-0.25, -0.2) is 4.39 Å². The first-order valence-electron chi connectivity index (χ1n) is 6.17. The van der Waals surface area contributed by atoms with E-state index in [2.05, 4.69) is 0 Å². The molecule has 1 fully saturated rings. The van der Waals surface area contributed by atoms with Gasteiger partial charge in [-0.15, -0.1) is 0 Å². The molecule has 2 rings (SSSR count). The van der Waals surface area contributed by atoms with Crippen LogP contribution >= 0.6 is 0 Å². The third-order valence-corrected chi connectivity index (χ3v) is 3.48. The molecule has 4 heteroatoms. The van der Waals surface area contributed by atoms with Crippen molar-refractivity contribution in [3.63, 3.8) is 0 Å². The molecule has 1 aliphatic carbocycles. The fraction of sp³-hybridized carbons (Fsp3) is 0.500. The molecule has 1 saturated carbocycles. The van der Waals surface area contributed by atoms with E-state index in [0.29, 0.717) is 5.92 Å². The molecule has 0 aromatic heterocycles. The maximum absolute atomic E-state index is 13.4. The van der Waals surface area contributed by atoms with Crippen LogP contribution in [0.25, 0.3) is 0 Å². The van der Waals surface area contributed by atoms with Gasteiger partial charge < -0.3 is 9.47 Å². The Bertz CT molecular complexity index is 415. The average molecular weight is 252 g/mol. The predicted octanol–water partition coefficient (Wildman–Crippen LogP) is 2.79. The fourth-order valence-electron chi connectivity index (χ4n) is 2.13. The van der Waals surface area contributed by atoms with E-state index >= 15 is 0 Å². The number of benzene rings is 1. The van der Waals surface area contributed by atoms with Crippen LogP contribution in [-0.2, 0) is 9.53 Å². The van der Waals surface area contributed by atoms with Gasteiger partial charge in [0.15, 0.2) is 11.6 Å². The Balaban J connectivity index is 1.97. The second kappa shape index (κ2) is 5.85. The Morgan fingerprint density at radius 2 is 2.17 bits per heavy atom. The van der Waals surface area contributed by atoms with Crippen molar-refractivity contribution in [1.29, 1.82) is 0 Å². The van der Waals surface area contributed by atoms with Gasteiger partial charge in [0.25, 0.3) is 0 Å². The highest BCUT2D eigenvalue weighted by molar-refractivity contribution is 5.73. The number of esters is 1. The number of carbonyl (C=O) groups excluding carboxylic acids is 1. The van der Waals surface area contributed by atoms with Crippen LogP contribution in [0.2, 0.25) is 0 Å².